The van der Waals surface area contributed by atoms with Gasteiger partial charge in [0.15, 0.2) is 0 Å². The monoisotopic (exact) mass is 407 g/mol. The van der Waals surface area contributed by atoms with Crippen LogP contribution in [0.25, 0.3) is 0 Å². The maximum absolute atomic E-state index is 12.2. The number of rotatable bonds is 8. The Labute approximate surface area is 164 Å². The third-order valence-corrected chi connectivity index (χ3v) is 6.00. The maximum atomic E-state index is 12.2. The van der Waals surface area contributed by atoms with Gasteiger partial charge in [-0.3, -0.25) is 4.79 Å². The third kappa shape index (κ3) is 5.52. The van der Waals surface area contributed by atoms with E-state index in [1.54, 1.807) is 31.2 Å². The first kappa shape index (κ1) is 21.8. The van der Waals surface area contributed by atoms with Crippen molar-refractivity contribution in [1.29, 1.82) is 0 Å². The molecule has 0 radical (unpaired) electrons. The Kier molecular flexibility index (Phi) is 7.14. The van der Waals surface area contributed by atoms with Crippen molar-refractivity contribution in [2.24, 2.45) is 0 Å². The van der Waals surface area contributed by atoms with Crippen LogP contribution in [0.1, 0.15) is 18.6 Å². The van der Waals surface area contributed by atoms with Gasteiger partial charge in [-0.05, 0) is 42.8 Å². The van der Waals surface area contributed by atoms with Crippen LogP contribution in [0.3, 0.4) is 0 Å². The SMILES string of the molecule is C[C@H](NCC(=O)Nc1cccc(S(=O)(=O)N(C)C)c1)[C@H](O)c1ccc(O)cc1. The zero-order chi connectivity index (χ0) is 20.9. The molecule has 9 heteroatoms. The van der Waals surface area contributed by atoms with Crippen molar-refractivity contribution in [2.75, 3.05) is 26.0 Å². The second-order valence-corrected chi connectivity index (χ2v) is 8.72. The second-order valence-electron chi connectivity index (χ2n) is 6.57. The largest absolute Gasteiger partial charge is 0.508 e. The van der Waals surface area contributed by atoms with Gasteiger partial charge >= 0.3 is 0 Å². The Balaban J connectivity index is 1.94. The summed E-state index contributed by atoms with van der Waals surface area (Å²) in [5.74, 6) is -0.265. The quantitative estimate of drug-likeness (QED) is 0.524. The van der Waals surface area contributed by atoms with Crippen LogP contribution in [0.2, 0.25) is 0 Å². The highest BCUT2D eigenvalue weighted by Crippen LogP contribution is 2.20. The molecule has 0 saturated carbocycles. The normalized spacial score (nSPS) is 13.9. The first-order chi connectivity index (χ1) is 13.1. The first-order valence-electron chi connectivity index (χ1n) is 8.64. The fraction of sp³-hybridized carbons (Fsp3) is 0.316. The number of nitrogens with one attached hydrogen (secondary N) is 2. The van der Waals surface area contributed by atoms with Gasteiger partial charge in [0.2, 0.25) is 15.9 Å². The number of hydrogen-bond acceptors (Lipinski definition) is 6. The van der Waals surface area contributed by atoms with Crippen LogP contribution in [-0.4, -0.2) is 55.5 Å². The molecule has 0 fully saturated rings. The van der Waals surface area contributed by atoms with E-state index in [0.29, 0.717) is 11.3 Å². The fourth-order valence-electron chi connectivity index (χ4n) is 2.48. The molecule has 0 unspecified atom stereocenters. The summed E-state index contributed by atoms with van der Waals surface area (Å²) in [6.45, 7) is 1.66. The number of aliphatic hydroxyl groups excluding tert-OH is 1. The summed E-state index contributed by atoms with van der Waals surface area (Å²) in [4.78, 5) is 12.3. The number of hydrogen-bond donors (Lipinski definition) is 4. The number of nitrogens with zero attached hydrogens (tertiary/aromatic N) is 1. The van der Waals surface area contributed by atoms with Gasteiger partial charge in [-0.1, -0.05) is 18.2 Å². The Morgan fingerprint density at radius 1 is 1.14 bits per heavy atom. The third-order valence-electron chi connectivity index (χ3n) is 4.19. The van der Waals surface area contributed by atoms with Crippen LogP contribution in [0.4, 0.5) is 5.69 Å². The van der Waals surface area contributed by atoms with Crippen molar-refractivity contribution >= 4 is 21.6 Å². The van der Waals surface area contributed by atoms with Gasteiger partial charge in [0.25, 0.3) is 0 Å². The van der Waals surface area contributed by atoms with Gasteiger partial charge in [0.1, 0.15) is 5.75 Å². The molecule has 0 aliphatic rings. The minimum absolute atomic E-state index is 0.0685. The number of sulfonamides is 1. The highest BCUT2D eigenvalue weighted by Gasteiger charge is 2.19. The maximum Gasteiger partial charge on any atom is 0.242 e. The molecular weight excluding hydrogens is 382 g/mol. The number of anilines is 1. The summed E-state index contributed by atoms with van der Waals surface area (Å²) in [5, 5.41) is 25.2. The van der Waals surface area contributed by atoms with E-state index >= 15 is 0 Å². The number of amides is 1. The van der Waals surface area contributed by atoms with Gasteiger partial charge in [0, 0.05) is 25.8 Å². The number of aromatic hydroxyl groups is 1. The van der Waals surface area contributed by atoms with Crippen LogP contribution in [-0.2, 0) is 14.8 Å². The standard InChI is InChI=1S/C19H25N3O5S/c1-13(19(25)14-7-9-16(23)10-8-14)20-12-18(24)21-15-5-4-6-17(11-15)28(26,27)22(2)3/h4-11,13,19-20,23,25H,12H2,1-3H3,(H,21,24)/t13-,19-/m0/s1. The van der Waals surface area contributed by atoms with Crippen molar-refractivity contribution in [3.63, 3.8) is 0 Å². The molecule has 0 bridgehead atoms. The topological polar surface area (TPSA) is 119 Å². The molecule has 2 rings (SSSR count). The molecule has 0 spiro atoms. The average Bonchev–Trinajstić information content (AvgIpc) is 2.66. The minimum Gasteiger partial charge on any atom is -0.508 e. The Bertz CT molecular complexity index is 913. The number of carbonyl (C=O) groups excluding carboxylic acids is 1. The molecule has 2 atom stereocenters. The van der Waals surface area contributed by atoms with Crippen molar-refractivity contribution in [1.82, 2.24) is 9.62 Å². The Morgan fingerprint density at radius 3 is 2.39 bits per heavy atom. The average molecular weight is 407 g/mol. The number of carbonyl (C=O) groups is 1. The van der Waals surface area contributed by atoms with Crippen LogP contribution >= 0.6 is 0 Å². The zero-order valence-corrected chi connectivity index (χ0v) is 16.8. The predicted octanol–water partition coefficient (Wildman–Crippen LogP) is 1.29. The van der Waals surface area contributed by atoms with Crippen molar-refractivity contribution in [2.45, 2.75) is 24.0 Å². The number of phenolic OH excluding ortho intramolecular Hbond substituents is 1. The number of benzene rings is 2. The van der Waals surface area contributed by atoms with E-state index in [0.717, 1.165) is 4.31 Å². The summed E-state index contributed by atoms with van der Waals surface area (Å²) in [6.07, 6.45) is -0.859. The van der Waals surface area contributed by atoms with Crippen molar-refractivity contribution < 1.29 is 23.4 Å². The Morgan fingerprint density at radius 2 is 1.79 bits per heavy atom. The minimum atomic E-state index is -3.59. The highest BCUT2D eigenvalue weighted by molar-refractivity contribution is 7.89. The number of aliphatic hydroxyl groups is 1. The lowest BCUT2D eigenvalue weighted by molar-refractivity contribution is -0.115. The molecule has 8 nitrogen and oxygen atoms in total. The summed E-state index contributed by atoms with van der Waals surface area (Å²) in [7, 11) is -0.719. The molecule has 2 aromatic carbocycles. The molecule has 1 amide bonds. The highest BCUT2D eigenvalue weighted by atomic mass is 32.2. The molecule has 0 aliphatic heterocycles. The molecular formula is C19H25N3O5S. The van der Waals surface area contributed by atoms with Crippen LogP contribution in [0.15, 0.2) is 53.4 Å². The van der Waals surface area contributed by atoms with Gasteiger partial charge < -0.3 is 20.8 Å². The van der Waals surface area contributed by atoms with E-state index in [1.165, 1.54) is 38.4 Å². The summed E-state index contributed by atoms with van der Waals surface area (Å²) in [6, 6.07) is 11.7. The van der Waals surface area contributed by atoms with E-state index in [9.17, 15) is 23.4 Å². The van der Waals surface area contributed by atoms with E-state index in [1.807, 2.05) is 0 Å². The van der Waals surface area contributed by atoms with E-state index in [-0.39, 0.29) is 23.1 Å². The van der Waals surface area contributed by atoms with E-state index < -0.39 is 22.2 Å². The summed E-state index contributed by atoms with van der Waals surface area (Å²) < 4.78 is 25.4. The molecule has 0 aromatic heterocycles. The smallest absolute Gasteiger partial charge is 0.242 e. The van der Waals surface area contributed by atoms with Gasteiger partial charge in [-0.25, -0.2) is 12.7 Å². The molecule has 28 heavy (non-hydrogen) atoms. The predicted molar refractivity (Wildman–Crippen MR) is 106 cm³/mol. The fourth-order valence-corrected chi connectivity index (χ4v) is 3.42. The van der Waals surface area contributed by atoms with E-state index in [2.05, 4.69) is 10.6 Å². The van der Waals surface area contributed by atoms with Crippen LogP contribution in [0.5, 0.6) is 5.75 Å². The summed E-state index contributed by atoms with van der Waals surface area (Å²) in [5.41, 5.74) is 0.973. The van der Waals surface area contributed by atoms with Crippen molar-refractivity contribution in [3.05, 3.63) is 54.1 Å². The van der Waals surface area contributed by atoms with Crippen molar-refractivity contribution in [3.8, 4) is 5.75 Å². The van der Waals surface area contributed by atoms with Gasteiger partial charge in [-0.2, -0.15) is 0 Å². The molecule has 2 aromatic rings. The zero-order valence-electron chi connectivity index (χ0n) is 16.0. The molecule has 0 heterocycles. The van der Waals surface area contributed by atoms with Crippen LogP contribution < -0.4 is 10.6 Å². The van der Waals surface area contributed by atoms with Crippen LogP contribution in [0, 0.1) is 0 Å². The lowest BCUT2D eigenvalue weighted by Crippen LogP contribution is -2.38. The lowest BCUT2D eigenvalue weighted by atomic mass is 10.0. The number of phenols is 1. The second kappa shape index (κ2) is 9.16. The molecule has 4 N–H and O–H groups in total. The molecule has 0 saturated heterocycles. The molecule has 0 aliphatic carbocycles. The summed E-state index contributed by atoms with van der Waals surface area (Å²) >= 11 is 0. The first-order valence-corrected chi connectivity index (χ1v) is 10.1. The van der Waals surface area contributed by atoms with Gasteiger partial charge in [-0.15, -0.1) is 0 Å². The lowest BCUT2D eigenvalue weighted by Gasteiger charge is -2.20. The Hall–Kier alpha value is -2.46. The van der Waals surface area contributed by atoms with Gasteiger partial charge in [0.05, 0.1) is 17.5 Å². The van der Waals surface area contributed by atoms with E-state index in [4.69, 9.17) is 0 Å². The molecule has 152 valence electrons.